The number of benzene rings is 3. The lowest BCUT2D eigenvalue weighted by Gasteiger charge is -2.06. The van der Waals surface area contributed by atoms with Gasteiger partial charge in [0.25, 0.3) is 5.91 Å². The molecule has 3 aromatic rings. The SMILES string of the molecule is CCOc1ccc(C(=O)Oc2ccc(/C=N\NC(=O)CNS(=O)(=O)c3ccccc3)cc2)cc1. The first-order chi connectivity index (χ1) is 16.4. The smallest absolute Gasteiger partial charge is 0.343 e. The summed E-state index contributed by atoms with van der Waals surface area (Å²) >= 11 is 0. The van der Waals surface area contributed by atoms with Crippen molar-refractivity contribution in [3.8, 4) is 11.5 Å². The highest BCUT2D eigenvalue weighted by molar-refractivity contribution is 7.89. The van der Waals surface area contributed by atoms with Gasteiger partial charge >= 0.3 is 5.97 Å². The summed E-state index contributed by atoms with van der Waals surface area (Å²) in [5, 5.41) is 3.80. The molecule has 3 rings (SSSR count). The van der Waals surface area contributed by atoms with Crippen LogP contribution < -0.4 is 19.6 Å². The molecule has 0 saturated heterocycles. The number of ether oxygens (including phenoxy) is 2. The molecule has 34 heavy (non-hydrogen) atoms. The minimum absolute atomic E-state index is 0.0645. The summed E-state index contributed by atoms with van der Waals surface area (Å²) in [6.45, 7) is 1.95. The molecule has 0 fully saturated rings. The van der Waals surface area contributed by atoms with E-state index in [1.54, 1.807) is 66.7 Å². The van der Waals surface area contributed by atoms with Crippen molar-refractivity contribution in [2.24, 2.45) is 5.10 Å². The Morgan fingerprint density at radius 2 is 1.56 bits per heavy atom. The van der Waals surface area contributed by atoms with Crippen LogP contribution >= 0.6 is 0 Å². The van der Waals surface area contributed by atoms with E-state index in [1.165, 1.54) is 18.3 Å². The molecule has 0 atom stereocenters. The van der Waals surface area contributed by atoms with Crippen LogP contribution in [0.4, 0.5) is 0 Å². The Balaban J connectivity index is 1.47. The third kappa shape index (κ3) is 7.26. The average Bonchev–Trinajstić information content (AvgIpc) is 2.85. The lowest BCUT2D eigenvalue weighted by Crippen LogP contribution is -2.34. The van der Waals surface area contributed by atoms with Crippen molar-refractivity contribution >= 4 is 28.1 Å². The van der Waals surface area contributed by atoms with Gasteiger partial charge < -0.3 is 9.47 Å². The number of sulfonamides is 1. The minimum atomic E-state index is -3.78. The fourth-order valence-corrected chi connectivity index (χ4v) is 3.71. The second-order valence-electron chi connectivity index (χ2n) is 6.85. The molecular formula is C24H23N3O6S. The van der Waals surface area contributed by atoms with Crippen molar-refractivity contribution in [1.82, 2.24) is 10.1 Å². The zero-order valence-corrected chi connectivity index (χ0v) is 19.1. The van der Waals surface area contributed by atoms with Gasteiger partial charge in [-0.3, -0.25) is 4.79 Å². The summed E-state index contributed by atoms with van der Waals surface area (Å²) < 4.78 is 37.1. The van der Waals surface area contributed by atoms with E-state index in [-0.39, 0.29) is 4.90 Å². The van der Waals surface area contributed by atoms with Gasteiger partial charge in [-0.1, -0.05) is 18.2 Å². The number of rotatable bonds is 10. The monoisotopic (exact) mass is 481 g/mol. The van der Waals surface area contributed by atoms with Gasteiger partial charge in [0.05, 0.1) is 29.8 Å². The van der Waals surface area contributed by atoms with E-state index in [2.05, 4.69) is 15.2 Å². The topological polar surface area (TPSA) is 123 Å². The Morgan fingerprint density at radius 1 is 0.912 bits per heavy atom. The zero-order valence-electron chi connectivity index (χ0n) is 18.3. The molecule has 10 heteroatoms. The highest BCUT2D eigenvalue weighted by Gasteiger charge is 2.14. The molecule has 0 aromatic heterocycles. The van der Waals surface area contributed by atoms with Crippen LogP contribution in [0.3, 0.4) is 0 Å². The molecule has 0 heterocycles. The molecule has 9 nitrogen and oxygen atoms in total. The van der Waals surface area contributed by atoms with E-state index >= 15 is 0 Å². The number of hydrogen-bond acceptors (Lipinski definition) is 7. The fourth-order valence-electron chi connectivity index (χ4n) is 2.70. The summed E-state index contributed by atoms with van der Waals surface area (Å²) in [5.41, 5.74) is 3.26. The first kappa shape index (κ1) is 24.6. The molecule has 2 N–H and O–H groups in total. The van der Waals surface area contributed by atoms with Crippen LogP contribution in [-0.2, 0) is 14.8 Å². The van der Waals surface area contributed by atoms with Crippen LogP contribution in [0.5, 0.6) is 11.5 Å². The van der Waals surface area contributed by atoms with Crippen molar-refractivity contribution in [3.63, 3.8) is 0 Å². The van der Waals surface area contributed by atoms with Crippen LogP contribution in [0.2, 0.25) is 0 Å². The highest BCUT2D eigenvalue weighted by atomic mass is 32.2. The molecule has 176 valence electrons. The van der Waals surface area contributed by atoms with Gasteiger partial charge in [0.15, 0.2) is 0 Å². The number of nitrogens with zero attached hydrogens (tertiary/aromatic N) is 1. The van der Waals surface area contributed by atoms with Crippen LogP contribution in [0.15, 0.2) is 88.9 Å². The third-order valence-corrected chi connectivity index (χ3v) is 5.79. The van der Waals surface area contributed by atoms with Crippen LogP contribution in [0, 0.1) is 0 Å². The van der Waals surface area contributed by atoms with Crippen molar-refractivity contribution in [1.29, 1.82) is 0 Å². The Kier molecular flexibility index (Phi) is 8.49. The van der Waals surface area contributed by atoms with Crippen LogP contribution in [0.1, 0.15) is 22.8 Å². The number of nitrogens with one attached hydrogen (secondary N) is 2. The Bertz CT molecular complexity index is 1240. The lowest BCUT2D eigenvalue weighted by molar-refractivity contribution is -0.119. The number of carbonyl (C=O) groups excluding carboxylic acids is 2. The van der Waals surface area contributed by atoms with E-state index in [0.717, 1.165) is 0 Å². The predicted molar refractivity (Wildman–Crippen MR) is 126 cm³/mol. The van der Waals surface area contributed by atoms with Gasteiger partial charge in [-0.15, -0.1) is 0 Å². The number of hydrazone groups is 1. The minimum Gasteiger partial charge on any atom is -0.494 e. The van der Waals surface area contributed by atoms with Gasteiger partial charge in [0, 0.05) is 0 Å². The molecule has 1 amide bonds. The van der Waals surface area contributed by atoms with Crippen LogP contribution in [-0.4, -0.2) is 39.7 Å². The fraction of sp³-hybridized carbons (Fsp3) is 0.125. The number of esters is 1. The maximum atomic E-state index is 12.3. The Morgan fingerprint density at radius 3 is 2.21 bits per heavy atom. The molecular weight excluding hydrogens is 458 g/mol. The Labute approximate surface area is 197 Å². The van der Waals surface area contributed by atoms with Crippen LogP contribution in [0.25, 0.3) is 0 Å². The summed E-state index contributed by atoms with van der Waals surface area (Å²) in [7, 11) is -3.78. The summed E-state index contributed by atoms with van der Waals surface area (Å²) in [6, 6.07) is 20.8. The third-order valence-electron chi connectivity index (χ3n) is 4.37. The molecule has 0 bridgehead atoms. The van der Waals surface area contributed by atoms with E-state index in [1.807, 2.05) is 6.92 Å². The molecule has 0 aliphatic rings. The normalized spacial score (nSPS) is 11.2. The van der Waals surface area contributed by atoms with Crippen molar-refractivity contribution < 1.29 is 27.5 Å². The van der Waals surface area contributed by atoms with E-state index in [4.69, 9.17) is 9.47 Å². The summed E-state index contributed by atoms with van der Waals surface area (Å²) in [4.78, 5) is 24.2. The molecule has 0 saturated carbocycles. The number of carbonyl (C=O) groups is 2. The molecule has 0 spiro atoms. The largest absolute Gasteiger partial charge is 0.494 e. The Hall–Kier alpha value is -4.02. The molecule has 0 radical (unpaired) electrons. The van der Waals surface area contributed by atoms with E-state index in [9.17, 15) is 18.0 Å². The van der Waals surface area contributed by atoms with Crippen molar-refractivity contribution in [3.05, 3.63) is 90.0 Å². The maximum absolute atomic E-state index is 12.3. The number of amides is 1. The van der Waals surface area contributed by atoms with Crippen molar-refractivity contribution in [2.45, 2.75) is 11.8 Å². The van der Waals surface area contributed by atoms with E-state index in [0.29, 0.717) is 29.2 Å². The molecule has 0 aliphatic heterocycles. The van der Waals surface area contributed by atoms with Gasteiger partial charge in [0.1, 0.15) is 11.5 Å². The quantitative estimate of drug-likeness (QED) is 0.199. The predicted octanol–water partition coefficient (Wildman–Crippen LogP) is 2.73. The first-order valence-corrected chi connectivity index (χ1v) is 11.8. The average molecular weight is 482 g/mol. The zero-order chi connectivity index (χ0) is 24.4. The van der Waals surface area contributed by atoms with Gasteiger partial charge in [0.2, 0.25) is 10.0 Å². The van der Waals surface area contributed by atoms with E-state index < -0.39 is 28.4 Å². The molecule has 3 aromatic carbocycles. The van der Waals surface area contributed by atoms with Gasteiger partial charge in [-0.2, -0.15) is 5.10 Å². The van der Waals surface area contributed by atoms with Gasteiger partial charge in [-0.25, -0.2) is 23.4 Å². The summed E-state index contributed by atoms with van der Waals surface area (Å²) in [5.74, 6) is -0.120. The molecule has 0 unspecified atom stereocenters. The second-order valence-corrected chi connectivity index (χ2v) is 8.61. The van der Waals surface area contributed by atoms with Gasteiger partial charge in [-0.05, 0) is 73.2 Å². The standard InChI is InChI=1S/C24H23N3O6S/c1-2-32-20-14-10-19(11-15-20)24(29)33-21-12-8-18(9-13-21)16-25-27-23(28)17-26-34(30,31)22-6-4-3-5-7-22/h3-16,26H,2,17H2,1H3,(H,27,28)/b25-16-. The molecule has 0 aliphatic carbocycles. The first-order valence-electron chi connectivity index (χ1n) is 10.3. The number of hydrogen-bond donors (Lipinski definition) is 2. The highest BCUT2D eigenvalue weighted by Crippen LogP contribution is 2.16. The lowest BCUT2D eigenvalue weighted by atomic mass is 10.2. The van der Waals surface area contributed by atoms with Crippen molar-refractivity contribution in [2.75, 3.05) is 13.2 Å². The maximum Gasteiger partial charge on any atom is 0.343 e. The summed E-state index contributed by atoms with van der Waals surface area (Å²) in [6.07, 6.45) is 1.38. The second kappa shape index (κ2) is 11.7.